The summed E-state index contributed by atoms with van der Waals surface area (Å²) in [5.74, 6) is 0.551. The lowest BCUT2D eigenvalue weighted by molar-refractivity contribution is 0.0882. The molecule has 0 aliphatic heterocycles. The molecule has 1 aromatic carbocycles. The fourth-order valence-corrected chi connectivity index (χ4v) is 2.95. The molecular weight excluding hydrogens is 338 g/mol. The Morgan fingerprint density at radius 2 is 1.59 bits per heavy atom. The molecule has 0 atom stereocenters. The average Bonchev–Trinajstić information content (AvgIpc) is 3.12. The summed E-state index contributed by atoms with van der Waals surface area (Å²) in [6, 6.07) is 9.99. The number of carbonyl (C=O) groups excluding carboxylic acids is 1. The number of rotatable bonds is 13. The summed E-state index contributed by atoms with van der Waals surface area (Å²) in [4.78, 5) is 17.2. The largest absolute Gasteiger partial charge is 0.462 e. The van der Waals surface area contributed by atoms with Gasteiger partial charge in [-0.05, 0) is 12.8 Å². The summed E-state index contributed by atoms with van der Waals surface area (Å²) in [6.45, 7) is 4.90. The summed E-state index contributed by atoms with van der Waals surface area (Å²) < 4.78 is 7.05. The zero-order valence-corrected chi connectivity index (χ0v) is 16.8. The summed E-state index contributed by atoms with van der Waals surface area (Å²) in [7, 11) is 0. The SMILES string of the molecule is CCCCCCCCCC(=O)n1nc(OCCCC)nc1-c1ccccc1. The van der Waals surface area contributed by atoms with Crippen LogP contribution in [0.3, 0.4) is 0 Å². The number of carbonyl (C=O) groups is 1. The van der Waals surface area contributed by atoms with Gasteiger partial charge in [-0.25, -0.2) is 0 Å². The molecular formula is C22H33N3O2. The van der Waals surface area contributed by atoms with Crippen LogP contribution in [0.2, 0.25) is 0 Å². The molecule has 0 aliphatic rings. The zero-order valence-electron chi connectivity index (χ0n) is 16.8. The Morgan fingerprint density at radius 3 is 2.30 bits per heavy atom. The molecule has 148 valence electrons. The summed E-state index contributed by atoms with van der Waals surface area (Å²) in [5, 5.41) is 4.33. The summed E-state index contributed by atoms with van der Waals surface area (Å²) >= 11 is 0. The molecule has 0 saturated heterocycles. The van der Waals surface area contributed by atoms with Crippen molar-refractivity contribution in [3.63, 3.8) is 0 Å². The van der Waals surface area contributed by atoms with Crippen LogP contribution in [0.1, 0.15) is 82.9 Å². The predicted octanol–water partition coefficient (Wildman–Crippen LogP) is 5.90. The van der Waals surface area contributed by atoms with Crippen LogP contribution in [-0.2, 0) is 0 Å². The zero-order chi connectivity index (χ0) is 19.3. The van der Waals surface area contributed by atoms with E-state index in [-0.39, 0.29) is 11.9 Å². The molecule has 0 saturated carbocycles. The van der Waals surface area contributed by atoms with Crippen LogP contribution in [0.15, 0.2) is 30.3 Å². The smallest absolute Gasteiger partial charge is 0.336 e. The van der Waals surface area contributed by atoms with Gasteiger partial charge in [0.05, 0.1) is 6.61 Å². The molecule has 0 fully saturated rings. The van der Waals surface area contributed by atoms with E-state index in [1.807, 2.05) is 30.3 Å². The lowest BCUT2D eigenvalue weighted by atomic mass is 10.1. The third kappa shape index (κ3) is 7.16. The van der Waals surface area contributed by atoms with Crippen molar-refractivity contribution in [1.82, 2.24) is 14.8 Å². The fourth-order valence-electron chi connectivity index (χ4n) is 2.95. The van der Waals surface area contributed by atoms with Gasteiger partial charge in [0.25, 0.3) is 0 Å². The third-order valence-electron chi connectivity index (χ3n) is 4.58. The third-order valence-corrected chi connectivity index (χ3v) is 4.58. The number of ether oxygens (including phenoxy) is 1. The highest BCUT2D eigenvalue weighted by Crippen LogP contribution is 2.21. The number of benzene rings is 1. The topological polar surface area (TPSA) is 57.0 Å². The average molecular weight is 372 g/mol. The second kappa shape index (κ2) is 12.3. The van der Waals surface area contributed by atoms with Gasteiger partial charge < -0.3 is 4.74 Å². The van der Waals surface area contributed by atoms with Crippen LogP contribution < -0.4 is 4.74 Å². The van der Waals surface area contributed by atoms with Crippen molar-refractivity contribution in [2.24, 2.45) is 0 Å². The molecule has 1 heterocycles. The van der Waals surface area contributed by atoms with Crippen LogP contribution >= 0.6 is 0 Å². The quantitative estimate of drug-likeness (QED) is 0.411. The van der Waals surface area contributed by atoms with E-state index in [0.717, 1.165) is 31.2 Å². The van der Waals surface area contributed by atoms with Gasteiger partial charge in [-0.3, -0.25) is 4.79 Å². The Morgan fingerprint density at radius 1 is 0.926 bits per heavy atom. The number of hydrogen-bond acceptors (Lipinski definition) is 4. The lowest BCUT2D eigenvalue weighted by Crippen LogP contribution is -2.14. The first-order chi connectivity index (χ1) is 13.3. The van der Waals surface area contributed by atoms with E-state index >= 15 is 0 Å². The van der Waals surface area contributed by atoms with E-state index in [1.165, 1.54) is 36.8 Å². The first kappa shape index (κ1) is 21.1. The van der Waals surface area contributed by atoms with Crippen molar-refractivity contribution in [3.05, 3.63) is 30.3 Å². The second-order valence-electron chi connectivity index (χ2n) is 6.96. The molecule has 27 heavy (non-hydrogen) atoms. The Labute approximate surface area is 163 Å². The van der Waals surface area contributed by atoms with Crippen molar-refractivity contribution in [2.75, 3.05) is 6.61 Å². The van der Waals surface area contributed by atoms with Gasteiger partial charge in [-0.15, -0.1) is 5.10 Å². The van der Waals surface area contributed by atoms with Gasteiger partial charge in [-0.1, -0.05) is 89.1 Å². The number of aromatic nitrogens is 3. The fraction of sp³-hybridized carbons (Fsp3) is 0.591. The van der Waals surface area contributed by atoms with Crippen LogP contribution in [0.4, 0.5) is 0 Å². The van der Waals surface area contributed by atoms with Gasteiger partial charge in [0, 0.05) is 12.0 Å². The van der Waals surface area contributed by atoms with E-state index in [0.29, 0.717) is 18.9 Å². The van der Waals surface area contributed by atoms with Crippen LogP contribution in [0, 0.1) is 0 Å². The number of unbranched alkanes of at least 4 members (excludes halogenated alkanes) is 7. The van der Waals surface area contributed by atoms with Crippen LogP contribution in [-0.4, -0.2) is 27.3 Å². The Bertz CT molecular complexity index is 667. The highest BCUT2D eigenvalue weighted by Gasteiger charge is 2.18. The van der Waals surface area contributed by atoms with Gasteiger partial charge in [0.2, 0.25) is 5.91 Å². The molecule has 5 nitrogen and oxygen atoms in total. The molecule has 2 aromatic rings. The van der Waals surface area contributed by atoms with Crippen LogP contribution in [0.5, 0.6) is 6.01 Å². The maximum atomic E-state index is 12.7. The van der Waals surface area contributed by atoms with Crippen molar-refractivity contribution in [1.29, 1.82) is 0 Å². The second-order valence-corrected chi connectivity index (χ2v) is 6.96. The monoisotopic (exact) mass is 371 g/mol. The standard InChI is InChI=1S/C22H33N3O2/c1-3-5-7-8-9-10-14-17-20(26)25-21(19-15-12-11-13-16-19)23-22(24-25)27-18-6-4-2/h11-13,15-16H,3-10,14,17-18H2,1-2H3. The van der Waals surface area contributed by atoms with Crippen molar-refractivity contribution < 1.29 is 9.53 Å². The maximum absolute atomic E-state index is 12.7. The Hall–Kier alpha value is -2.17. The molecule has 0 bridgehead atoms. The highest BCUT2D eigenvalue weighted by molar-refractivity contribution is 5.82. The highest BCUT2D eigenvalue weighted by atomic mass is 16.5. The van der Waals surface area contributed by atoms with Gasteiger partial charge in [0.15, 0.2) is 5.82 Å². The normalized spacial score (nSPS) is 10.9. The molecule has 0 N–H and O–H groups in total. The van der Waals surface area contributed by atoms with Crippen molar-refractivity contribution >= 4 is 5.91 Å². The Balaban J connectivity index is 1.97. The number of hydrogen-bond donors (Lipinski definition) is 0. The van der Waals surface area contributed by atoms with Gasteiger partial charge in [-0.2, -0.15) is 9.67 Å². The van der Waals surface area contributed by atoms with E-state index < -0.39 is 0 Å². The molecule has 1 aromatic heterocycles. The van der Waals surface area contributed by atoms with E-state index in [4.69, 9.17) is 4.74 Å². The molecule has 0 spiro atoms. The molecule has 0 amide bonds. The van der Waals surface area contributed by atoms with Crippen LogP contribution in [0.25, 0.3) is 11.4 Å². The van der Waals surface area contributed by atoms with E-state index in [1.54, 1.807) is 0 Å². The van der Waals surface area contributed by atoms with Gasteiger partial charge in [0.1, 0.15) is 0 Å². The van der Waals surface area contributed by atoms with E-state index in [9.17, 15) is 4.79 Å². The Kier molecular flexibility index (Phi) is 9.60. The maximum Gasteiger partial charge on any atom is 0.336 e. The summed E-state index contributed by atoms with van der Waals surface area (Å²) in [5.41, 5.74) is 0.878. The predicted molar refractivity (Wildman–Crippen MR) is 109 cm³/mol. The first-order valence-electron chi connectivity index (χ1n) is 10.4. The number of nitrogens with zero attached hydrogens (tertiary/aromatic N) is 3. The van der Waals surface area contributed by atoms with Gasteiger partial charge >= 0.3 is 6.01 Å². The molecule has 5 heteroatoms. The molecule has 0 radical (unpaired) electrons. The lowest BCUT2D eigenvalue weighted by Gasteiger charge is -2.05. The summed E-state index contributed by atoms with van der Waals surface area (Å²) in [6.07, 6.45) is 10.8. The molecule has 2 rings (SSSR count). The first-order valence-corrected chi connectivity index (χ1v) is 10.4. The van der Waals surface area contributed by atoms with Crippen molar-refractivity contribution in [2.45, 2.75) is 78.1 Å². The molecule has 0 unspecified atom stereocenters. The van der Waals surface area contributed by atoms with E-state index in [2.05, 4.69) is 23.9 Å². The minimum absolute atomic E-state index is 0.0137. The van der Waals surface area contributed by atoms with Crippen molar-refractivity contribution in [3.8, 4) is 17.4 Å². The minimum Gasteiger partial charge on any atom is -0.462 e. The molecule has 0 aliphatic carbocycles. The minimum atomic E-state index is -0.0137.